The van der Waals surface area contributed by atoms with Crippen LogP contribution >= 0.6 is 34.4 Å². The fourth-order valence-electron chi connectivity index (χ4n) is 3.03. The van der Waals surface area contributed by atoms with Gasteiger partial charge in [0.1, 0.15) is 6.54 Å². The predicted octanol–water partition coefficient (Wildman–Crippen LogP) is 4.30. The largest absolute Gasteiger partial charge is 0.465 e. The Labute approximate surface area is 181 Å². The van der Waals surface area contributed by atoms with Crippen molar-refractivity contribution in [1.29, 1.82) is 0 Å². The Morgan fingerprint density at radius 1 is 1.21 bits per heavy atom. The van der Waals surface area contributed by atoms with Gasteiger partial charge in [-0.15, -0.1) is 0 Å². The van der Waals surface area contributed by atoms with E-state index in [4.69, 9.17) is 4.74 Å². The number of hydrogen-bond acceptors (Lipinski definition) is 5. The molecule has 1 aromatic heterocycles. The molecule has 2 aromatic rings. The van der Waals surface area contributed by atoms with E-state index in [9.17, 15) is 14.4 Å². The zero-order chi connectivity index (χ0) is 20.4. The van der Waals surface area contributed by atoms with Crippen molar-refractivity contribution in [1.82, 2.24) is 9.47 Å². The van der Waals surface area contributed by atoms with Crippen LogP contribution in [0.2, 0.25) is 0 Å². The minimum atomic E-state index is -0.595. The number of nitrogens with zero attached hydrogens (tertiary/aromatic N) is 2. The number of aryl methyl sites for hydroxylation is 1. The normalized spacial score (nSPS) is 15.6. The van der Waals surface area contributed by atoms with Gasteiger partial charge in [0.2, 0.25) is 0 Å². The lowest BCUT2D eigenvalue weighted by molar-refractivity contribution is -0.145. The summed E-state index contributed by atoms with van der Waals surface area (Å²) in [6.07, 6.45) is 1.71. The average molecular weight is 510 g/mol. The van der Waals surface area contributed by atoms with E-state index in [1.165, 1.54) is 0 Å². The van der Waals surface area contributed by atoms with Crippen LogP contribution in [0.3, 0.4) is 0 Å². The highest BCUT2D eigenvalue weighted by molar-refractivity contribution is 14.1. The van der Waals surface area contributed by atoms with E-state index in [2.05, 4.69) is 27.2 Å². The average Bonchev–Trinajstić information content (AvgIpc) is 3.06. The Balaban J connectivity index is 1.89. The van der Waals surface area contributed by atoms with Crippen molar-refractivity contribution in [2.45, 2.75) is 20.8 Å². The van der Waals surface area contributed by atoms with Crippen LogP contribution in [0.25, 0.3) is 11.8 Å². The quantitative estimate of drug-likeness (QED) is 0.341. The SMILES string of the molecule is CCOC(=O)CN1C(=O)S/C(=C\c2cc(C)n(-c3ccc(I)cc3)c2C)C1=O. The van der Waals surface area contributed by atoms with Gasteiger partial charge in [-0.25, -0.2) is 0 Å². The van der Waals surface area contributed by atoms with E-state index in [1.54, 1.807) is 13.0 Å². The molecule has 0 unspecified atom stereocenters. The molecule has 8 heteroatoms. The third-order valence-electron chi connectivity index (χ3n) is 4.31. The number of benzene rings is 1. The number of amides is 2. The molecule has 0 radical (unpaired) electrons. The van der Waals surface area contributed by atoms with Crippen LogP contribution < -0.4 is 0 Å². The van der Waals surface area contributed by atoms with Crippen molar-refractivity contribution >= 4 is 57.5 Å². The van der Waals surface area contributed by atoms with Gasteiger partial charge in [-0.2, -0.15) is 0 Å². The number of aromatic nitrogens is 1. The van der Waals surface area contributed by atoms with E-state index < -0.39 is 17.1 Å². The first-order valence-corrected chi connectivity index (χ1v) is 10.6. The Morgan fingerprint density at radius 3 is 2.54 bits per heavy atom. The molecule has 1 aromatic carbocycles. The van der Waals surface area contributed by atoms with Gasteiger partial charge in [0, 0.05) is 20.6 Å². The van der Waals surface area contributed by atoms with Gasteiger partial charge >= 0.3 is 5.97 Å². The van der Waals surface area contributed by atoms with E-state index in [1.807, 2.05) is 44.2 Å². The van der Waals surface area contributed by atoms with E-state index in [-0.39, 0.29) is 13.2 Å². The molecule has 0 N–H and O–H groups in total. The summed E-state index contributed by atoms with van der Waals surface area (Å²) in [5.41, 5.74) is 3.88. The Bertz CT molecular complexity index is 979. The maximum absolute atomic E-state index is 12.6. The lowest BCUT2D eigenvalue weighted by atomic mass is 10.2. The van der Waals surface area contributed by atoms with Crippen molar-refractivity contribution in [3.8, 4) is 5.69 Å². The summed E-state index contributed by atoms with van der Waals surface area (Å²) in [7, 11) is 0. The molecule has 0 bridgehead atoms. The topological polar surface area (TPSA) is 68.6 Å². The van der Waals surface area contributed by atoms with Crippen LogP contribution in [0.15, 0.2) is 35.2 Å². The lowest BCUT2D eigenvalue weighted by Crippen LogP contribution is -2.34. The summed E-state index contributed by atoms with van der Waals surface area (Å²) in [6.45, 7) is 5.48. The Kier molecular flexibility index (Phi) is 6.29. The van der Waals surface area contributed by atoms with Crippen LogP contribution in [-0.4, -0.2) is 39.7 Å². The monoisotopic (exact) mass is 510 g/mol. The summed E-state index contributed by atoms with van der Waals surface area (Å²) in [5, 5.41) is -0.462. The van der Waals surface area contributed by atoms with Crippen LogP contribution in [-0.2, 0) is 14.3 Å². The van der Waals surface area contributed by atoms with Crippen molar-refractivity contribution in [2.75, 3.05) is 13.2 Å². The maximum atomic E-state index is 12.6. The standard InChI is InChI=1S/C20H19IN2O4S/c1-4-27-18(24)11-22-19(25)17(28-20(22)26)10-14-9-12(2)23(13(14)3)16-7-5-15(21)6-8-16/h5-10H,4,11H2,1-3H3/b17-10-. The molecule has 1 fully saturated rings. The molecule has 3 rings (SSSR count). The third kappa shape index (κ3) is 4.17. The summed E-state index contributed by atoms with van der Waals surface area (Å²) in [4.78, 5) is 37.6. The molecule has 28 heavy (non-hydrogen) atoms. The first-order chi connectivity index (χ1) is 13.3. The van der Waals surface area contributed by atoms with E-state index in [0.717, 1.165) is 42.9 Å². The molecule has 0 atom stereocenters. The van der Waals surface area contributed by atoms with Gasteiger partial charge in [-0.05, 0) is 97.1 Å². The van der Waals surface area contributed by atoms with Crippen LogP contribution in [0.1, 0.15) is 23.9 Å². The van der Waals surface area contributed by atoms with Crippen molar-refractivity contribution in [3.63, 3.8) is 0 Å². The second-order valence-electron chi connectivity index (χ2n) is 6.21. The molecular formula is C20H19IN2O4S. The van der Waals surface area contributed by atoms with Gasteiger partial charge < -0.3 is 9.30 Å². The minimum Gasteiger partial charge on any atom is -0.465 e. The number of thioether (sulfide) groups is 1. The highest BCUT2D eigenvalue weighted by atomic mass is 127. The van der Waals surface area contributed by atoms with Gasteiger partial charge in [-0.1, -0.05) is 0 Å². The molecular weight excluding hydrogens is 491 g/mol. The highest BCUT2D eigenvalue weighted by Gasteiger charge is 2.36. The zero-order valence-electron chi connectivity index (χ0n) is 15.7. The number of carbonyl (C=O) groups excluding carboxylic acids is 3. The molecule has 0 spiro atoms. The minimum absolute atomic E-state index is 0.204. The van der Waals surface area contributed by atoms with Crippen molar-refractivity contribution in [2.24, 2.45) is 0 Å². The molecule has 1 saturated heterocycles. The number of ether oxygens (including phenoxy) is 1. The number of carbonyl (C=O) groups is 3. The molecule has 6 nitrogen and oxygen atoms in total. The molecule has 1 aliphatic heterocycles. The Morgan fingerprint density at radius 2 is 1.89 bits per heavy atom. The lowest BCUT2D eigenvalue weighted by Gasteiger charge is -2.11. The molecule has 1 aliphatic rings. The summed E-state index contributed by atoms with van der Waals surface area (Å²) in [5.74, 6) is -1.06. The van der Waals surface area contributed by atoms with Gasteiger partial charge in [-0.3, -0.25) is 19.3 Å². The summed E-state index contributed by atoms with van der Waals surface area (Å²) >= 11 is 3.10. The smallest absolute Gasteiger partial charge is 0.326 e. The fourth-order valence-corrected chi connectivity index (χ4v) is 4.22. The van der Waals surface area contributed by atoms with Crippen molar-refractivity contribution < 1.29 is 19.1 Å². The summed E-state index contributed by atoms with van der Waals surface area (Å²) in [6, 6.07) is 10.1. The number of hydrogen-bond donors (Lipinski definition) is 0. The van der Waals surface area contributed by atoms with Gasteiger partial charge in [0.05, 0.1) is 11.5 Å². The predicted molar refractivity (Wildman–Crippen MR) is 117 cm³/mol. The Hall–Kier alpha value is -2.07. The fraction of sp³-hybridized carbons (Fsp3) is 0.250. The maximum Gasteiger partial charge on any atom is 0.326 e. The number of esters is 1. The molecule has 0 saturated carbocycles. The van der Waals surface area contributed by atoms with Crippen LogP contribution in [0.4, 0.5) is 4.79 Å². The second-order valence-corrected chi connectivity index (χ2v) is 8.45. The van der Waals surface area contributed by atoms with E-state index in [0.29, 0.717) is 4.91 Å². The molecule has 0 aliphatic carbocycles. The van der Waals surface area contributed by atoms with Crippen LogP contribution in [0.5, 0.6) is 0 Å². The first kappa shape index (κ1) is 20.7. The molecule has 2 amide bonds. The second kappa shape index (κ2) is 8.52. The van der Waals surface area contributed by atoms with E-state index >= 15 is 0 Å². The van der Waals surface area contributed by atoms with Crippen molar-refractivity contribution in [3.05, 3.63) is 55.8 Å². The van der Waals surface area contributed by atoms with Crippen LogP contribution in [0, 0.1) is 17.4 Å². The summed E-state index contributed by atoms with van der Waals surface area (Å²) < 4.78 is 8.09. The number of imide groups is 1. The first-order valence-electron chi connectivity index (χ1n) is 8.67. The number of halogens is 1. The van der Waals surface area contributed by atoms with Gasteiger partial charge in [0.15, 0.2) is 0 Å². The highest BCUT2D eigenvalue weighted by Crippen LogP contribution is 2.33. The molecule has 146 valence electrons. The number of rotatable bonds is 5. The molecule has 2 heterocycles. The van der Waals surface area contributed by atoms with Gasteiger partial charge in [0.25, 0.3) is 11.1 Å². The zero-order valence-corrected chi connectivity index (χ0v) is 18.7. The third-order valence-corrected chi connectivity index (χ3v) is 5.93.